The van der Waals surface area contributed by atoms with Crippen molar-refractivity contribution in [2.45, 2.75) is 30.9 Å². The van der Waals surface area contributed by atoms with Crippen LogP contribution in [0.15, 0.2) is 34.5 Å². The number of halogens is 2. The molecule has 1 N–H and O–H groups in total. The average molecular weight is 428 g/mol. The third-order valence-electron chi connectivity index (χ3n) is 3.32. The van der Waals surface area contributed by atoms with E-state index in [0.717, 1.165) is 33.4 Å². The Balaban J connectivity index is 0.000000194. The normalized spacial score (nSPS) is 10.4. The second-order valence-corrected chi connectivity index (χ2v) is 8.45. The van der Waals surface area contributed by atoms with Gasteiger partial charge in [0.2, 0.25) is 0 Å². The van der Waals surface area contributed by atoms with Crippen molar-refractivity contribution in [3.63, 3.8) is 0 Å². The van der Waals surface area contributed by atoms with Gasteiger partial charge in [0.1, 0.15) is 6.29 Å². The van der Waals surface area contributed by atoms with Crippen molar-refractivity contribution in [1.29, 1.82) is 0 Å². The number of nitrogens with zero attached hydrogens (tertiary/aromatic N) is 2. The van der Waals surface area contributed by atoms with Crippen molar-refractivity contribution >= 4 is 45.9 Å². The first-order valence-electron chi connectivity index (χ1n) is 7.98. The molecule has 0 aliphatic heterocycles. The summed E-state index contributed by atoms with van der Waals surface area (Å²) in [4.78, 5) is 20.6. The zero-order valence-corrected chi connectivity index (χ0v) is 17.5. The van der Waals surface area contributed by atoms with Crippen LogP contribution in [-0.2, 0) is 11.2 Å². The van der Waals surface area contributed by atoms with Crippen molar-refractivity contribution < 1.29 is 13.6 Å². The first-order valence-corrected chi connectivity index (χ1v) is 10.6. The molecule has 2 heterocycles. The molecule has 3 rings (SSSR count). The molecule has 0 saturated heterocycles. The summed E-state index contributed by atoms with van der Waals surface area (Å²) in [5.74, 6) is -2.39. The fourth-order valence-corrected chi connectivity index (χ4v) is 4.28. The fraction of sp³-hybridized carbons (Fsp3) is 0.278. The van der Waals surface area contributed by atoms with E-state index in [1.807, 2.05) is 20.9 Å². The summed E-state index contributed by atoms with van der Waals surface area (Å²) in [6.07, 6.45) is 1.12. The highest BCUT2D eigenvalue weighted by molar-refractivity contribution is 7.99. The van der Waals surface area contributed by atoms with Crippen LogP contribution in [0, 0.1) is 13.8 Å². The first-order chi connectivity index (χ1) is 12.9. The summed E-state index contributed by atoms with van der Waals surface area (Å²) in [5, 5.41) is 7.14. The van der Waals surface area contributed by atoms with Gasteiger partial charge < -0.3 is 10.1 Å². The van der Waals surface area contributed by atoms with Gasteiger partial charge in [0.05, 0.1) is 21.3 Å². The number of carbonyl (C=O) groups excluding carboxylic acids is 1. The Bertz CT molecular complexity index is 863. The SMILES string of the molecule is CNc1nc(-c2sc(C)nc2C)cs1.O=CCc1ccc(SC(F)F)cc1. The van der Waals surface area contributed by atoms with Crippen LogP contribution in [0.25, 0.3) is 10.6 Å². The maximum Gasteiger partial charge on any atom is 0.288 e. The summed E-state index contributed by atoms with van der Waals surface area (Å²) in [7, 11) is 1.88. The molecule has 0 aliphatic carbocycles. The topological polar surface area (TPSA) is 54.9 Å². The number of hydrogen-bond donors (Lipinski definition) is 1. The van der Waals surface area contributed by atoms with Crippen LogP contribution in [0.3, 0.4) is 0 Å². The number of benzene rings is 1. The second-order valence-electron chi connectivity index (χ2n) is 5.33. The predicted molar refractivity (Wildman–Crippen MR) is 110 cm³/mol. The molecular weight excluding hydrogens is 408 g/mol. The number of hydrogen-bond acceptors (Lipinski definition) is 7. The van der Waals surface area contributed by atoms with Gasteiger partial charge in [-0.15, -0.1) is 22.7 Å². The second kappa shape index (κ2) is 10.5. The summed E-state index contributed by atoms with van der Waals surface area (Å²) < 4.78 is 23.8. The van der Waals surface area contributed by atoms with Crippen LogP contribution < -0.4 is 5.32 Å². The van der Waals surface area contributed by atoms with Crippen LogP contribution in [0.2, 0.25) is 0 Å². The van der Waals surface area contributed by atoms with Crippen molar-refractivity contribution in [2.75, 3.05) is 12.4 Å². The number of thiazole rings is 2. The van der Waals surface area contributed by atoms with E-state index >= 15 is 0 Å². The van der Waals surface area contributed by atoms with E-state index < -0.39 is 5.76 Å². The number of nitrogens with one attached hydrogen (secondary N) is 1. The monoisotopic (exact) mass is 427 g/mol. The largest absolute Gasteiger partial charge is 0.365 e. The smallest absolute Gasteiger partial charge is 0.288 e. The number of alkyl halides is 2. The van der Waals surface area contributed by atoms with Crippen molar-refractivity contribution in [2.24, 2.45) is 0 Å². The molecule has 0 amide bonds. The quantitative estimate of drug-likeness (QED) is 0.406. The Morgan fingerprint density at radius 1 is 1.22 bits per heavy atom. The lowest BCUT2D eigenvalue weighted by Crippen LogP contribution is -1.86. The van der Waals surface area contributed by atoms with E-state index in [0.29, 0.717) is 23.1 Å². The van der Waals surface area contributed by atoms with E-state index in [1.54, 1.807) is 46.9 Å². The maximum absolute atomic E-state index is 11.9. The lowest BCUT2D eigenvalue weighted by atomic mass is 10.2. The summed E-state index contributed by atoms with van der Waals surface area (Å²) in [6.45, 7) is 4.05. The number of anilines is 1. The van der Waals surface area contributed by atoms with Crippen LogP contribution in [0.5, 0.6) is 0 Å². The highest BCUT2D eigenvalue weighted by atomic mass is 32.2. The lowest BCUT2D eigenvalue weighted by Gasteiger charge is -2.00. The molecule has 9 heteroatoms. The average Bonchev–Trinajstić information content (AvgIpc) is 3.23. The number of carbonyl (C=O) groups is 1. The molecule has 0 fully saturated rings. The van der Waals surface area contributed by atoms with E-state index in [2.05, 4.69) is 20.7 Å². The van der Waals surface area contributed by atoms with Crippen LogP contribution in [0.4, 0.5) is 13.9 Å². The number of thioether (sulfide) groups is 1. The molecular formula is C18H19F2N3OS3. The molecule has 144 valence electrons. The first kappa shape index (κ1) is 21.5. The minimum Gasteiger partial charge on any atom is -0.365 e. The van der Waals surface area contributed by atoms with Gasteiger partial charge in [-0.05, 0) is 31.5 Å². The third kappa shape index (κ3) is 6.67. The highest BCUT2D eigenvalue weighted by Crippen LogP contribution is 2.31. The Labute approximate surface area is 169 Å². The number of aldehydes is 1. The fourth-order valence-electron chi connectivity index (χ4n) is 2.17. The van der Waals surface area contributed by atoms with Gasteiger partial charge in [0.25, 0.3) is 5.76 Å². The molecule has 3 aromatic rings. The van der Waals surface area contributed by atoms with Crippen LogP contribution in [-0.4, -0.2) is 29.1 Å². The van der Waals surface area contributed by atoms with E-state index in [1.165, 1.54) is 4.88 Å². The van der Waals surface area contributed by atoms with E-state index in [4.69, 9.17) is 0 Å². The molecule has 0 atom stereocenters. The van der Waals surface area contributed by atoms with Gasteiger partial charge in [-0.25, -0.2) is 9.97 Å². The summed E-state index contributed by atoms with van der Waals surface area (Å²) in [6, 6.07) is 6.55. The number of aromatic nitrogens is 2. The summed E-state index contributed by atoms with van der Waals surface area (Å²) in [5.41, 5.74) is 2.94. The Morgan fingerprint density at radius 2 is 1.93 bits per heavy atom. The molecule has 0 bridgehead atoms. The number of rotatable bonds is 6. The minimum atomic E-state index is -2.39. The molecule has 4 nitrogen and oxygen atoms in total. The third-order valence-corrected chi connectivity index (χ3v) is 6.00. The van der Waals surface area contributed by atoms with Crippen molar-refractivity contribution in [3.8, 4) is 10.6 Å². The Morgan fingerprint density at radius 3 is 2.41 bits per heavy atom. The van der Waals surface area contributed by atoms with Crippen molar-refractivity contribution in [1.82, 2.24) is 9.97 Å². The predicted octanol–water partition coefficient (Wildman–Crippen LogP) is 5.67. The number of aryl methyl sites for hydroxylation is 2. The Kier molecular flexibility index (Phi) is 8.33. The lowest BCUT2D eigenvalue weighted by molar-refractivity contribution is -0.107. The molecule has 27 heavy (non-hydrogen) atoms. The van der Waals surface area contributed by atoms with Gasteiger partial charge in [0, 0.05) is 23.7 Å². The van der Waals surface area contributed by atoms with E-state index in [9.17, 15) is 13.6 Å². The van der Waals surface area contributed by atoms with Gasteiger partial charge >= 0.3 is 0 Å². The maximum atomic E-state index is 11.9. The van der Waals surface area contributed by atoms with Crippen molar-refractivity contribution in [3.05, 3.63) is 45.9 Å². The van der Waals surface area contributed by atoms with Gasteiger partial charge in [0.15, 0.2) is 5.13 Å². The highest BCUT2D eigenvalue weighted by Gasteiger charge is 2.10. The molecule has 0 spiro atoms. The molecule has 0 unspecified atom stereocenters. The van der Waals surface area contributed by atoms with Gasteiger partial charge in [-0.1, -0.05) is 23.9 Å². The minimum absolute atomic E-state index is 0.333. The van der Waals surface area contributed by atoms with Crippen LogP contribution >= 0.6 is 34.4 Å². The van der Waals surface area contributed by atoms with Gasteiger partial charge in [-0.2, -0.15) is 8.78 Å². The van der Waals surface area contributed by atoms with E-state index in [-0.39, 0.29) is 0 Å². The Hall–Kier alpha value is -1.84. The van der Waals surface area contributed by atoms with Crippen LogP contribution in [0.1, 0.15) is 16.3 Å². The summed E-state index contributed by atoms with van der Waals surface area (Å²) >= 11 is 3.82. The zero-order chi connectivity index (χ0) is 19.8. The molecule has 0 radical (unpaired) electrons. The molecule has 1 aromatic carbocycles. The molecule has 0 saturated carbocycles. The molecule has 2 aromatic heterocycles. The van der Waals surface area contributed by atoms with Gasteiger partial charge in [-0.3, -0.25) is 0 Å². The molecule has 0 aliphatic rings. The standard InChI is InChI=1S/C9H8F2OS.C9H11N3S2/c10-9(11)13-8-3-1-7(2-4-8)5-6-12;1-5-8(14-6(2)11-5)7-4-13-9(10-3)12-7/h1-4,6,9H,5H2;4H,1-3H3,(H,10,12). The zero-order valence-electron chi connectivity index (χ0n) is 15.0.